The molecule has 1 heterocycles. The second kappa shape index (κ2) is 6.60. The highest BCUT2D eigenvalue weighted by atomic mass is 35.5. The van der Waals surface area contributed by atoms with E-state index >= 15 is 0 Å². The summed E-state index contributed by atoms with van der Waals surface area (Å²) in [6.07, 6.45) is 9.16. The Hall–Kier alpha value is 0.240. The van der Waals surface area contributed by atoms with Crippen molar-refractivity contribution in [2.45, 2.75) is 44.9 Å². The van der Waals surface area contributed by atoms with Crippen LogP contribution in [0.25, 0.3) is 0 Å². The molecule has 18 heavy (non-hydrogen) atoms. The quantitative estimate of drug-likeness (QED) is 0.765. The second-order valence-corrected chi connectivity index (χ2v) is 7.70. The summed E-state index contributed by atoms with van der Waals surface area (Å²) in [5, 5.41) is 3.29. The Morgan fingerprint density at radius 1 is 1.28 bits per heavy atom. The first-order valence-corrected chi connectivity index (χ1v) is 8.31. The molecule has 1 aliphatic rings. The zero-order chi connectivity index (χ0) is 13.0. The van der Waals surface area contributed by atoms with Crippen LogP contribution in [-0.4, -0.2) is 13.6 Å². The summed E-state index contributed by atoms with van der Waals surface area (Å²) in [5.74, 6) is 0. The Morgan fingerprint density at radius 3 is 2.56 bits per heavy atom. The van der Waals surface area contributed by atoms with Gasteiger partial charge in [0.05, 0.1) is 8.67 Å². The standard InChI is InChI=1S/C14H21Cl2NS/c1-17-9-8-14(5-2-3-6-14)7-4-11-10-12(15)18-13(11)16/h10,17H,2-9H2,1H3. The Morgan fingerprint density at radius 2 is 2.00 bits per heavy atom. The van der Waals surface area contributed by atoms with E-state index in [4.69, 9.17) is 23.2 Å². The van der Waals surface area contributed by atoms with Crippen molar-refractivity contribution in [2.24, 2.45) is 5.41 Å². The molecule has 0 aromatic carbocycles. The summed E-state index contributed by atoms with van der Waals surface area (Å²) < 4.78 is 1.69. The van der Waals surface area contributed by atoms with E-state index in [2.05, 4.69) is 5.32 Å². The first-order valence-electron chi connectivity index (χ1n) is 6.73. The van der Waals surface area contributed by atoms with Crippen LogP contribution in [0.4, 0.5) is 0 Å². The van der Waals surface area contributed by atoms with E-state index in [1.54, 1.807) is 0 Å². The number of halogens is 2. The lowest BCUT2D eigenvalue weighted by Gasteiger charge is -2.29. The van der Waals surface area contributed by atoms with Crippen molar-refractivity contribution < 1.29 is 0 Å². The van der Waals surface area contributed by atoms with Crippen LogP contribution in [0.2, 0.25) is 8.67 Å². The lowest BCUT2D eigenvalue weighted by atomic mass is 9.78. The van der Waals surface area contributed by atoms with Crippen molar-refractivity contribution in [3.8, 4) is 0 Å². The number of aryl methyl sites for hydroxylation is 1. The molecule has 1 aromatic rings. The minimum absolute atomic E-state index is 0.542. The highest BCUT2D eigenvalue weighted by molar-refractivity contribution is 7.20. The fourth-order valence-electron chi connectivity index (χ4n) is 3.08. The molecule has 0 spiro atoms. The summed E-state index contributed by atoms with van der Waals surface area (Å²) in [5.41, 5.74) is 1.78. The molecule has 4 heteroatoms. The van der Waals surface area contributed by atoms with Crippen LogP contribution < -0.4 is 5.32 Å². The Bertz CT molecular complexity index is 383. The number of hydrogen-bond acceptors (Lipinski definition) is 2. The zero-order valence-electron chi connectivity index (χ0n) is 10.9. The third kappa shape index (κ3) is 3.63. The molecule has 1 N–H and O–H groups in total. The van der Waals surface area contributed by atoms with Crippen molar-refractivity contribution >= 4 is 34.5 Å². The highest BCUT2D eigenvalue weighted by Gasteiger charge is 2.32. The molecule has 0 amide bonds. The van der Waals surface area contributed by atoms with Crippen molar-refractivity contribution in [3.63, 3.8) is 0 Å². The Balaban J connectivity index is 1.95. The van der Waals surface area contributed by atoms with Crippen molar-refractivity contribution in [1.29, 1.82) is 0 Å². The van der Waals surface area contributed by atoms with Gasteiger partial charge in [-0.15, -0.1) is 11.3 Å². The number of thiophene rings is 1. The van der Waals surface area contributed by atoms with E-state index in [0.29, 0.717) is 5.41 Å². The number of hydrogen-bond donors (Lipinski definition) is 1. The molecule has 102 valence electrons. The van der Waals surface area contributed by atoms with Gasteiger partial charge in [-0.3, -0.25) is 0 Å². The molecule has 0 atom stereocenters. The molecule has 0 radical (unpaired) electrons. The molecular weight excluding hydrogens is 285 g/mol. The molecular formula is C14H21Cl2NS. The Kier molecular flexibility index (Phi) is 5.37. The summed E-state index contributed by atoms with van der Waals surface area (Å²) in [6.45, 7) is 1.12. The first kappa shape index (κ1) is 14.6. The van der Waals surface area contributed by atoms with Gasteiger partial charge in [0, 0.05) is 0 Å². The van der Waals surface area contributed by atoms with Crippen LogP contribution >= 0.6 is 34.5 Å². The van der Waals surface area contributed by atoms with Gasteiger partial charge in [-0.1, -0.05) is 36.0 Å². The van der Waals surface area contributed by atoms with E-state index in [9.17, 15) is 0 Å². The van der Waals surface area contributed by atoms with Crippen LogP contribution in [0.3, 0.4) is 0 Å². The topological polar surface area (TPSA) is 12.0 Å². The van der Waals surface area contributed by atoms with Crippen LogP contribution in [0.1, 0.15) is 44.1 Å². The molecule has 1 aromatic heterocycles. The maximum atomic E-state index is 6.20. The lowest BCUT2D eigenvalue weighted by molar-refractivity contribution is 0.247. The molecule has 0 unspecified atom stereocenters. The summed E-state index contributed by atoms with van der Waals surface area (Å²) >= 11 is 13.7. The SMILES string of the molecule is CNCCC1(CCc2cc(Cl)sc2Cl)CCCC1. The van der Waals surface area contributed by atoms with Gasteiger partial charge in [0.2, 0.25) is 0 Å². The first-order chi connectivity index (χ1) is 8.65. The minimum atomic E-state index is 0.542. The van der Waals surface area contributed by atoms with Gasteiger partial charge in [-0.05, 0) is 62.7 Å². The lowest BCUT2D eigenvalue weighted by Crippen LogP contribution is -2.23. The molecule has 0 bridgehead atoms. The molecule has 1 fully saturated rings. The fraction of sp³-hybridized carbons (Fsp3) is 0.714. The van der Waals surface area contributed by atoms with E-state index in [-0.39, 0.29) is 0 Å². The molecule has 1 saturated carbocycles. The highest BCUT2D eigenvalue weighted by Crippen LogP contribution is 2.45. The summed E-state index contributed by atoms with van der Waals surface area (Å²) in [4.78, 5) is 0. The number of nitrogens with one attached hydrogen (secondary N) is 1. The largest absolute Gasteiger partial charge is 0.320 e. The predicted octanol–water partition coefficient (Wildman–Crippen LogP) is 5.16. The van der Waals surface area contributed by atoms with Crippen molar-refractivity contribution in [2.75, 3.05) is 13.6 Å². The molecule has 1 nitrogen and oxygen atoms in total. The van der Waals surface area contributed by atoms with Crippen molar-refractivity contribution in [1.82, 2.24) is 5.32 Å². The smallest absolute Gasteiger partial charge is 0.0976 e. The molecule has 2 rings (SSSR count). The van der Waals surface area contributed by atoms with Gasteiger partial charge in [0.25, 0.3) is 0 Å². The summed E-state index contributed by atoms with van der Waals surface area (Å²) in [6, 6.07) is 2.04. The predicted molar refractivity (Wildman–Crippen MR) is 82.1 cm³/mol. The summed E-state index contributed by atoms with van der Waals surface area (Å²) in [7, 11) is 2.04. The third-order valence-corrected chi connectivity index (χ3v) is 5.79. The van der Waals surface area contributed by atoms with E-state index in [0.717, 1.165) is 21.6 Å². The van der Waals surface area contributed by atoms with E-state index in [1.165, 1.54) is 55.4 Å². The van der Waals surface area contributed by atoms with Gasteiger partial charge in [-0.2, -0.15) is 0 Å². The minimum Gasteiger partial charge on any atom is -0.320 e. The van der Waals surface area contributed by atoms with E-state index < -0.39 is 0 Å². The second-order valence-electron chi connectivity index (χ2n) is 5.41. The fourth-order valence-corrected chi connectivity index (χ4v) is 4.63. The van der Waals surface area contributed by atoms with Crippen LogP contribution in [-0.2, 0) is 6.42 Å². The molecule has 0 aliphatic heterocycles. The van der Waals surface area contributed by atoms with Gasteiger partial charge >= 0.3 is 0 Å². The average molecular weight is 306 g/mol. The maximum Gasteiger partial charge on any atom is 0.0976 e. The normalized spacial score (nSPS) is 18.4. The number of rotatable bonds is 6. The maximum absolute atomic E-state index is 6.20. The van der Waals surface area contributed by atoms with Gasteiger partial charge in [0.1, 0.15) is 0 Å². The molecule has 0 saturated heterocycles. The van der Waals surface area contributed by atoms with Crippen LogP contribution in [0.5, 0.6) is 0 Å². The Labute approximate surface area is 124 Å². The van der Waals surface area contributed by atoms with Crippen LogP contribution in [0, 0.1) is 5.41 Å². The zero-order valence-corrected chi connectivity index (χ0v) is 13.2. The van der Waals surface area contributed by atoms with Gasteiger partial charge in [-0.25, -0.2) is 0 Å². The monoisotopic (exact) mass is 305 g/mol. The van der Waals surface area contributed by atoms with Crippen molar-refractivity contribution in [3.05, 3.63) is 20.3 Å². The third-order valence-electron chi connectivity index (χ3n) is 4.22. The van der Waals surface area contributed by atoms with Gasteiger partial charge in [0.15, 0.2) is 0 Å². The average Bonchev–Trinajstić information content (AvgIpc) is 2.92. The van der Waals surface area contributed by atoms with Gasteiger partial charge < -0.3 is 5.32 Å². The molecule has 1 aliphatic carbocycles. The van der Waals surface area contributed by atoms with E-state index in [1.807, 2.05) is 13.1 Å². The van der Waals surface area contributed by atoms with Crippen LogP contribution in [0.15, 0.2) is 6.07 Å².